The maximum absolute atomic E-state index is 12.6. The molecule has 0 spiro atoms. The molecule has 1 unspecified atom stereocenters. The highest BCUT2D eigenvalue weighted by Crippen LogP contribution is 2.32. The molecule has 1 aliphatic rings. The van der Waals surface area contributed by atoms with Crippen LogP contribution >= 0.6 is 0 Å². The molecule has 1 amide bonds. The number of hydrogen-bond donors (Lipinski definition) is 2. The fraction of sp³-hybridized carbons (Fsp3) is 0.435. The molecule has 164 valence electrons. The van der Waals surface area contributed by atoms with Crippen LogP contribution in [0.3, 0.4) is 0 Å². The first-order valence-corrected chi connectivity index (χ1v) is 10.6. The summed E-state index contributed by atoms with van der Waals surface area (Å²) >= 11 is 0. The largest absolute Gasteiger partial charge is 0.490 e. The number of nitrogens with one attached hydrogen (secondary N) is 2. The van der Waals surface area contributed by atoms with Crippen LogP contribution in [0.2, 0.25) is 0 Å². The number of pyridine rings is 1. The minimum atomic E-state index is -0.188. The van der Waals surface area contributed by atoms with Crippen molar-refractivity contribution in [3.63, 3.8) is 0 Å². The molecule has 1 aliphatic heterocycles. The van der Waals surface area contributed by atoms with Gasteiger partial charge in [-0.15, -0.1) is 0 Å². The average molecular weight is 425 g/mol. The number of nitrogens with zero attached hydrogens (tertiary/aromatic N) is 2. The Morgan fingerprint density at radius 2 is 2.00 bits per heavy atom. The lowest BCUT2D eigenvalue weighted by Crippen LogP contribution is -2.28. The summed E-state index contributed by atoms with van der Waals surface area (Å²) in [7, 11) is 1.80. The van der Waals surface area contributed by atoms with Crippen LogP contribution < -0.4 is 20.3 Å². The number of benzene rings is 1. The summed E-state index contributed by atoms with van der Waals surface area (Å²) in [4.78, 5) is 28.1. The fourth-order valence-corrected chi connectivity index (χ4v) is 4.14. The maximum Gasteiger partial charge on any atom is 0.253 e. The molecular formula is C23H28N4O4. The van der Waals surface area contributed by atoms with E-state index in [-0.39, 0.29) is 23.9 Å². The van der Waals surface area contributed by atoms with Crippen LogP contribution in [0.4, 0.5) is 0 Å². The molecule has 8 heteroatoms. The number of carbonyl (C=O) groups excluding carboxylic acids is 1. The van der Waals surface area contributed by atoms with Gasteiger partial charge in [-0.05, 0) is 50.5 Å². The van der Waals surface area contributed by atoms with Crippen molar-refractivity contribution in [3.8, 4) is 11.5 Å². The van der Waals surface area contributed by atoms with Crippen molar-refractivity contribution in [1.82, 2.24) is 20.1 Å². The van der Waals surface area contributed by atoms with Gasteiger partial charge in [0.15, 0.2) is 11.5 Å². The van der Waals surface area contributed by atoms with E-state index >= 15 is 0 Å². The summed E-state index contributed by atoms with van der Waals surface area (Å²) in [5, 5.41) is 8.35. The molecule has 0 saturated heterocycles. The molecule has 4 rings (SSSR count). The van der Waals surface area contributed by atoms with Gasteiger partial charge in [-0.2, -0.15) is 5.10 Å². The van der Waals surface area contributed by atoms with Gasteiger partial charge in [0.1, 0.15) is 5.65 Å². The van der Waals surface area contributed by atoms with Gasteiger partial charge in [0.05, 0.1) is 24.9 Å². The van der Waals surface area contributed by atoms with Gasteiger partial charge in [0.25, 0.3) is 5.56 Å². The highest BCUT2D eigenvalue weighted by atomic mass is 16.5. The molecule has 0 bridgehead atoms. The van der Waals surface area contributed by atoms with Gasteiger partial charge in [-0.25, -0.2) is 0 Å². The minimum absolute atomic E-state index is 0.110. The number of aromatic amines is 1. The van der Waals surface area contributed by atoms with Gasteiger partial charge in [0, 0.05) is 30.8 Å². The van der Waals surface area contributed by atoms with E-state index in [1.54, 1.807) is 11.7 Å². The fourth-order valence-electron chi connectivity index (χ4n) is 4.14. The van der Waals surface area contributed by atoms with Crippen LogP contribution in [0.5, 0.6) is 11.5 Å². The van der Waals surface area contributed by atoms with Crippen molar-refractivity contribution in [1.29, 1.82) is 0 Å². The van der Waals surface area contributed by atoms with Crippen molar-refractivity contribution in [2.45, 2.75) is 46.1 Å². The summed E-state index contributed by atoms with van der Waals surface area (Å²) in [5.41, 5.74) is 3.85. The predicted molar refractivity (Wildman–Crippen MR) is 118 cm³/mol. The predicted octanol–water partition coefficient (Wildman–Crippen LogP) is 2.85. The Hall–Kier alpha value is -3.29. The lowest BCUT2D eigenvalue weighted by atomic mass is 10.0. The molecule has 8 nitrogen and oxygen atoms in total. The number of fused-ring (bicyclic) bond motifs is 2. The zero-order valence-electron chi connectivity index (χ0n) is 18.4. The minimum Gasteiger partial charge on any atom is -0.490 e. The summed E-state index contributed by atoms with van der Waals surface area (Å²) in [6, 6.07) is 5.55. The summed E-state index contributed by atoms with van der Waals surface area (Å²) in [6.45, 7) is 7.02. The van der Waals surface area contributed by atoms with Gasteiger partial charge in [-0.1, -0.05) is 6.07 Å². The Morgan fingerprint density at radius 3 is 2.77 bits per heavy atom. The number of hydrogen-bond acceptors (Lipinski definition) is 5. The molecule has 0 aliphatic carbocycles. The van der Waals surface area contributed by atoms with Gasteiger partial charge >= 0.3 is 0 Å². The molecule has 0 radical (unpaired) electrons. The van der Waals surface area contributed by atoms with Gasteiger partial charge in [-0.3, -0.25) is 14.3 Å². The van der Waals surface area contributed by atoms with Crippen molar-refractivity contribution >= 4 is 16.9 Å². The number of amides is 1. The molecule has 2 N–H and O–H groups in total. The molecular weight excluding hydrogens is 396 g/mol. The molecule has 2 aromatic heterocycles. The third-order valence-corrected chi connectivity index (χ3v) is 5.81. The highest BCUT2D eigenvalue weighted by molar-refractivity contribution is 5.83. The smallest absolute Gasteiger partial charge is 0.253 e. The Balaban J connectivity index is 1.44. The third-order valence-electron chi connectivity index (χ3n) is 5.81. The Kier molecular flexibility index (Phi) is 5.71. The lowest BCUT2D eigenvalue weighted by Gasteiger charge is -2.16. The van der Waals surface area contributed by atoms with Gasteiger partial charge < -0.3 is 19.8 Å². The second kappa shape index (κ2) is 8.45. The van der Waals surface area contributed by atoms with E-state index in [1.807, 2.05) is 39.0 Å². The van der Waals surface area contributed by atoms with Crippen LogP contribution in [0.1, 0.15) is 48.2 Å². The van der Waals surface area contributed by atoms with E-state index in [4.69, 9.17) is 9.47 Å². The SMILES string of the molecule is Cc1nn(C)c2[nH]c(=O)c(CCC(=O)NC(C)c3ccc4c(c3)OCCCO4)c(C)c12. The van der Waals surface area contributed by atoms with E-state index in [1.165, 1.54) is 0 Å². The maximum atomic E-state index is 12.6. The van der Waals surface area contributed by atoms with Crippen molar-refractivity contribution < 1.29 is 14.3 Å². The Labute approximate surface area is 180 Å². The summed E-state index contributed by atoms with van der Waals surface area (Å²) in [5.74, 6) is 1.33. The molecule has 1 atom stereocenters. The molecule has 1 aromatic carbocycles. The average Bonchev–Trinajstić information content (AvgIpc) is 2.89. The zero-order chi connectivity index (χ0) is 22.1. The van der Waals surface area contributed by atoms with Crippen LogP contribution in [0.15, 0.2) is 23.0 Å². The van der Waals surface area contributed by atoms with Crippen LogP contribution in [0, 0.1) is 13.8 Å². The molecule has 3 aromatic rings. The molecule has 3 heterocycles. The third kappa shape index (κ3) is 4.15. The first kappa shape index (κ1) is 21.0. The standard InChI is InChI=1S/C23H28N4O4/c1-13-17(23(29)25-22-21(13)15(3)26-27(22)4)7-9-20(28)24-14(2)16-6-8-18-19(12-16)31-11-5-10-30-18/h6,8,12,14H,5,7,9-11H2,1-4H3,(H,24,28)(H,25,29). The van der Waals surface area contributed by atoms with Crippen LogP contribution in [0.25, 0.3) is 11.0 Å². The van der Waals surface area contributed by atoms with E-state index < -0.39 is 0 Å². The normalized spacial score (nSPS) is 14.3. The monoisotopic (exact) mass is 424 g/mol. The number of aromatic nitrogens is 3. The zero-order valence-corrected chi connectivity index (χ0v) is 18.4. The highest BCUT2D eigenvalue weighted by Gasteiger charge is 2.18. The quantitative estimate of drug-likeness (QED) is 0.656. The van der Waals surface area contributed by atoms with Gasteiger partial charge in [0.2, 0.25) is 5.91 Å². The lowest BCUT2D eigenvalue weighted by molar-refractivity contribution is -0.121. The van der Waals surface area contributed by atoms with Crippen molar-refractivity contribution in [3.05, 3.63) is 50.9 Å². The Morgan fingerprint density at radius 1 is 1.26 bits per heavy atom. The second-order valence-electron chi connectivity index (χ2n) is 8.04. The van der Waals surface area contributed by atoms with E-state index in [2.05, 4.69) is 15.4 Å². The number of carbonyl (C=O) groups is 1. The topological polar surface area (TPSA) is 98.2 Å². The number of aryl methyl sites for hydroxylation is 3. The number of ether oxygens (including phenoxy) is 2. The van der Waals surface area contributed by atoms with E-state index in [9.17, 15) is 9.59 Å². The van der Waals surface area contributed by atoms with Crippen LogP contribution in [-0.4, -0.2) is 33.9 Å². The number of H-pyrrole nitrogens is 1. The van der Waals surface area contributed by atoms with E-state index in [0.29, 0.717) is 36.6 Å². The second-order valence-corrected chi connectivity index (χ2v) is 8.04. The van der Waals surface area contributed by atoms with Crippen molar-refractivity contribution in [2.24, 2.45) is 7.05 Å². The van der Waals surface area contributed by atoms with E-state index in [0.717, 1.165) is 34.4 Å². The summed E-state index contributed by atoms with van der Waals surface area (Å²) in [6.07, 6.45) is 1.44. The summed E-state index contributed by atoms with van der Waals surface area (Å²) < 4.78 is 13.1. The first-order valence-electron chi connectivity index (χ1n) is 10.6. The number of rotatable bonds is 5. The van der Waals surface area contributed by atoms with Crippen LogP contribution in [-0.2, 0) is 18.3 Å². The Bertz CT molecular complexity index is 1190. The first-order chi connectivity index (χ1) is 14.8. The molecule has 0 saturated carbocycles. The molecule has 0 fully saturated rings. The molecule has 31 heavy (non-hydrogen) atoms. The van der Waals surface area contributed by atoms with Crippen molar-refractivity contribution in [2.75, 3.05) is 13.2 Å².